The third-order valence-corrected chi connectivity index (χ3v) is 4.18. The van der Waals surface area contributed by atoms with Crippen LogP contribution in [0.3, 0.4) is 0 Å². The van der Waals surface area contributed by atoms with Gasteiger partial charge in [0.25, 0.3) is 0 Å². The Morgan fingerprint density at radius 1 is 1.54 bits per heavy atom. The lowest BCUT2D eigenvalue weighted by atomic mass is 9.89. The van der Waals surface area contributed by atoms with Crippen molar-refractivity contribution in [2.24, 2.45) is 16.7 Å². The van der Waals surface area contributed by atoms with E-state index in [2.05, 4.69) is 26.0 Å². The molecule has 0 aromatic heterocycles. The van der Waals surface area contributed by atoms with Gasteiger partial charge in [-0.2, -0.15) is 0 Å². The van der Waals surface area contributed by atoms with E-state index in [-0.39, 0.29) is 10.8 Å². The standard InChI is InChI=1S/C12H16O/c1-3-6-11(2)10-5-4-7-12(10,11)8-9-13/h3,6,8,10H,4-5,7H2,1-2H3/b6-3-/t10-,11-,12+/m1/s1. The van der Waals surface area contributed by atoms with Crippen molar-refractivity contribution in [3.63, 3.8) is 0 Å². The highest BCUT2D eigenvalue weighted by atomic mass is 16.1. The topological polar surface area (TPSA) is 17.1 Å². The molecule has 2 aliphatic rings. The van der Waals surface area contributed by atoms with E-state index in [0.717, 1.165) is 0 Å². The smallest absolute Gasteiger partial charge is 0.120 e. The summed E-state index contributed by atoms with van der Waals surface area (Å²) in [4.78, 5) is 10.5. The molecule has 0 radical (unpaired) electrons. The minimum atomic E-state index is 0.182. The van der Waals surface area contributed by atoms with Gasteiger partial charge in [-0.3, -0.25) is 0 Å². The lowest BCUT2D eigenvalue weighted by Crippen LogP contribution is -2.06. The molecule has 0 spiro atoms. The number of hydrogen-bond acceptors (Lipinski definition) is 1. The van der Waals surface area contributed by atoms with E-state index in [0.29, 0.717) is 5.92 Å². The summed E-state index contributed by atoms with van der Waals surface area (Å²) in [5, 5.41) is 0. The van der Waals surface area contributed by atoms with Crippen molar-refractivity contribution in [2.45, 2.75) is 33.1 Å². The predicted octanol–water partition coefficient (Wildman–Crippen LogP) is 2.76. The van der Waals surface area contributed by atoms with Crippen LogP contribution >= 0.6 is 0 Å². The van der Waals surface area contributed by atoms with Crippen molar-refractivity contribution in [3.8, 4) is 0 Å². The first-order valence-corrected chi connectivity index (χ1v) is 5.07. The molecule has 0 bridgehead atoms. The van der Waals surface area contributed by atoms with Gasteiger partial charge in [0.05, 0.1) is 0 Å². The number of hydrogen-bond donors (Lipinski definition) is 0. The minimum Gasteiger partial charge on any atom is -0.234 e. The average molecular weight is 176 g/mol. The first kappa shape index (κ1) is 8.77. The molecule has 70 valence electrons. The van der Waals surface area contributed by atoms with Crippen LogP contribution in [0, 0.1) is 16.7 Å². The summed E-state index contributed by atoms with van der Waals surface area (Å²) in [6.07, 6.45) is 9.89. The third-order valence-electron chi connectivity index (χ3n) is 4.18. The molecule has 0 unspecified atom stereocenters. The molecule has 3 atom stereocenters. The fourth-order valence-corrected chi connectivity index (χ4v) is 3.50. The Morgan fingerprint density at radius 2 is 2.31 bits per heavy atom. The first-order chi connectivity index (χ1) is 6.21. The summed E-state index contributed by atoms with van der Waals surface area (Å²) < 4.78 is 0. The second-order valence-corrected chi connectivity index (χ2v) is 4.53. The maximum atomic E-state index is 10.5. The van der Waals surface area contributed by atoms with Crippen LogP contribution in [0.25, 0.3) is 0 Å². The fourth-order valence-electron chi connectivity index (χ4n) is 3.50. The molecule has 0 heterocycles. The normalized spacial score (nSPS) is 47.4. The third kappa shape index (κ3) is 0.858. The highest BCUT2D eigenvalue weighted by molar-refractivity contribution is 5.53. The first-order valence-electron chi connectivity index (χ1n) is 5.07. The summed E-state index contributed by atoms with van der Waals surface area (Å²) in [6, 6.07) is 0. The second kappa shape index (κ2) is 2.59. The zero-order valence-corrected chi connectivity index (χ0v) is 8.34. The summed E-state index contributed by atoms with van der Waals surface area (Å²) in [7, 11) is 0. The summed E-state index contributed by atoms with van der Waals surface area (Å²) in [5.74, 6) is 2.70. The van der Waals surface area contributed by atoms with Crippen molar-refractivity contribution in [2.75, 3.05) is 0 Å². The molecular formula is C12H16O. The quantitative estimate of drug-likeness (QED) is 0.467. The predicted molar refractivity (Wildman–Crippen MR) is 53.0 cm³/mol. The molecule has 2 rings (SSSR count). The van der Waals surface area contributed by atoms with Gasteiger partial charge in [-0.25, -0.2) is 4.79 Å². The molecule has 0 saturated heterocycles. The molecule has 0 amide bonds. The van der Waals surface area contributed by atoms with Gasteiger partial charge in [-0.05, 0) is 31.1 Å². The van der Waals surface area contributed by atoms with E-state index in [9.17, 15) is 4.79 Å². The molecule has 0 N–H and O–H groups in total. The van der Waals surface area contributed by atoms with Gasteiger partial charge in [0.1, 0.15) is 5.94 Å². The Kier molecular flexibility index (Phi) is 1.75. The number of carbonyl (C=O) groups excluding carboxylic acids is 1. The van der Waals surface area contributed by atoms with Gasteiger partial charge < -0.3 is 0 Å². The Labute approximate surface area is 79.5 Å². The van der Waals surface area contributed by atoms with Crippen LogP contribution < -0.4 is 0 Å². The van der Waals surface area contributed by atoms with Crippen molar-refractivity contribution < 1.29 is 4.79 Å². The maximum absolute atomic E-state index is 10.5. The highest BCUT2D eigenvalue weighted by Gasteiger charge is 2.72. The number of fused-ring (bicyclic) bond motifs is 1. The SMILES string of the molecule is C/C=C\[C@]1(C)[C@H]2CCC[C@]21C=C=O. The van der Waals surface area contributed by atoms with Crippen molar-refractivity contribution in [1.82, 2.24) is 0 Å². The second-order valence-electron chi connectivity index (χ2n) is 4.53. The van der Waals surface area contributed by atoms with Crippen LogP contribution in [-0.2, 0) is 4.79 Å². The maximum Gasteiger partial charge on any atom is 0.120 e. The zero-order chi connectivity index (χ0) is 9.53. The average Bonchev–Trinajstić information content (AvgIpc) is 2.49. The molecule has 2 saturated carbocycles. The van der Waals surface area contributed by atoms with Gasteiger partial charge in [0.15, 0.2) is 0 Å². The van der Waals surface area contributed by atoms with E-state index in [1.165, 1.54) is 19.3 Å². The minimum absolute atomic E-state index is 0.182. The van der Waals surface area contributed by atoms with Crippen LogP contribution in [0.1, 0.15) is 33.1 Å². The molecular weight excluding hydrogens is 160 g/mol. The molecule has 1 heteroatoms. The molecule has 2 fully saturated rings. The van der Waals surface area contributed by atoms with Crippen LogP contribution in [0.15, 0.2) is 18.2 Å². The van der Waals surface area contributed by atoms with E-state index in [4.69, 9.17) is 0 Å². The van der Waals surface area contributed by atoms with Crippen molar-refractivity contribution in [3.05, 3.63) is 18.2 Å². The number of rotatable bonds is 2. The van der Waals surface area contributed by atoms with Crippen molar-refractivity contribution in [1.29, 1.82) is 0 Å². The molecule has 0 aliphatic heterocycles. The molecule has 0 aromatic carbocycles. The summed E-state index contributed by atoms with van der Waals surface area (Å²) in [6.45, 7) is 4.32. The Hall–Kier alpha value is -0.810. The number of allylic oxidation sites excluding steroid dienone is 3. The van der Waals surface area contributed by atoms with Crippen LogP contribution in [-0.4, -0.2) is 5.94 Å². The van der Waals surface area contributed by atoms with Crippen molar-refractivity contribution >= 4 is 5.94 Å². The largest absolute Gasteiger partial charge is 0.234 e. The van der Waals surface area contributed by atoms with Crippen LogP contribution in [0.5, 0.6) is 0 Å². The van der Waals surface area contributed by atoms with E-state index in [1.54, 1.807) is 6.08 Å². The Balaban J connectivity index is 2.33. The Bertz CT molecular complexity index is 298. The summed E-state index contributed by atoms with van der Waals surface area (Å²) in [5.41, 5.74) is 0.443. The lowest BCUT2D eigenvalue weighted by molar-refractivity contribution is 0.459. The molecule has 2 aliphatic carbocycles. The zero-order valence-electron chi connectivity index (χ0n) is 8.34. The molecule has 1 nitrogen and oxygen atoms in total. The van der Waals surface area contributed by atoms with Gasteiger partial charge in [-0.15, -0.1) is 0 Å². The lowest BCUT2D eigenvalue weighted by Gasteiger charge is -2.14. The van der Waals surface area contributed by atoms with E-state index < -0.39 is 0 Å². The summed E-state index contributed by atoms with van der Waals surface area (Å²) >= 11 is 0. The molecule has 0 aromatic rings. The van der Waals surface area contributed by atoms with E-state index in [1.807, 2.05) is 5.94 Å². The van der Waals surface area contributed by atoms with Gasteiger partial charge in [0.2, 0.25) is 0 Å². The van der Waals surface area contributed by atoms with Gasteiger partial charge in [-0.1, -0.05) is 25.5 Å². The Morgan fingerprint density at radius 3 is 2.92 bits per heavy atom. The molecule has 13 heavy (non-hydrogen) atoms. The van der Waals surface area contributed by atoms with Gasteiger partial charge in [0, 0.05) is 11.5 Å². The fraction of sp³-hybridized carbons (Fsp3) is 0.667. The van der Waals surface area contributed by atoms with Crippen LogP contribution in [0.4, 0.5) is 0 Å². The highest BCUT2D eigenvalue weighted by Crippen LogP contribution is 2.77. The van der Waals surface area contributed by atoms with Gasteiger partial charge >= 0.3 is 0 Å². The van der Waals surface area contributed by atoms with Crippen LogP contribution in [0.2, 0.25) is 0 Å². The van der Waals surface area contributed by atoms with E-state index >= 15 is 0 Å². The monoisotopic (exact) mass is 176 g/mol.